The Balaban J connectivity index is 1.41. The largest absolute Gasteiger partial charge is 0.489 e. The fourth-order valence-electron chi connectivity index (χ4n) is 6.03. The first kappa shape index (κ1) is 36.5. The minimum atomic E-state index is -0.106. The first-order valence-corrected chi connectivity index (χ1v) is 17.3. The van der Waals surface area contributed by atoms with Crippen molar-refractivity contribution < 1.29 is 23.7 Å². The number of benzene rings is 2. The van der Waals surface area contributed by atoms with Crippen LogP contribution >= 0.6 is 11.6 Å². The summed E-state index contributed by atoms with van der Waals surface area (Å²) >= 11 is 5.96. The van der Waals surface area contributed by atoms with Gasteiger partial charge in [-0.25, -0.2) is 4.98 Å². The summed E-state index contributed by atoms with van der Waals surface area (Å²) in [6.07, 6.45) is 5.59. The van der Waals surface area contributed by atoms with Gasteiger partial charge in [0.15, 0.2) is 6.61 Å². The van der Waals surface area contributed by atoms with Crippen LogP contribution in [0.15, 0.2) is 47.3 Å². The number of rotatable bonds is 16. The number of nitrogens with zero attached hydrogens (tertiary/aromatic N) is 5. The molecule has 1 aromatic heterocycles. The number of aromatic nitrogens is 2. The smallest absolute Gasteiger partial charge is 0.265 e. The molecular formula is C37H48ClN5O6. The van der Waals surface area contributed by atoms with Gasteiger partial charge in [-0.2, -0.15) is 0 Å². The number of amides is 1. The van der Waals surface area contributed by atoms with E-state index in [1.54, 1.807) is 43.1 Å². The average molecular weight is 694 g/mol. The van der Waals surface area contributed by atoms with E-state index in [0.29, 0.717) is 85.7 Å². The van der Waals surface area contributed by atoms with Crippen molar-refractivity contribution in [3.8, 4) is 17.2 Å². The van der Waals surface area contributed by atoms with Crippen LogP contribution in [-0.4, -0.2) is 110 Å². The molecule has 1 aliphatic carbocycles. The van der Waals surface area contributed by atoms with E-state index in [1.165, 1.54) is 0 Å². The van der Waals surface area contributed by atoms with Crippen LogP contribution in [0.1, 0.15) is 38.1 Å². The zero-order chi connectivity index (χ0) is 34.8. The summed E-state index contributed by atoms with van der Waals surface area (Å²) in [7, 11) is 3.40. The lowest BCUT2D eigenvalue weighted by atomic mass is 10.1. The van der Waals surface area contributed by atoms with Gasteiger partial charge in [0.2, 0.25) is 0 Å². The molecule has 1 amide bonds. The van der Waals surface area contributed by atoms with Gasteiger partial charge in [-0.05, 0) is 68.7 Å². The van der Waals surface area contributed by atoms with Crippen LogP contribution in [0.4, 0.5) is 0 Å². The molecule has 264 valence electrons. The predicted molar refractivity (Wildman–Crippen MR) is 191 cm³/mol. The maximum absolute atomic E-state index is 14.4. The molecule has 0 radical (unpaired) electrons. The average Bonchev–Trinajstić information content (AvgIpc) is 3.10. The molecule has 1 fully saturated rings. The van der Waals surface area contributed by atoms with E-state index >= 15 is 0 Å². The van der Waals surface area contributed by atoms with Gasteiger partial charge in [0.05, 0.1) is 42.1 Å². The Labute approximate surface area is 293 Å². The Bertz CT molecular complexity index is 1730. The third kappa shape index (κ3) is 9.92. The van der Waals surface area contributed by atoms with Crippen molar-refractivity contribution in [2.75, 3.05) is 73.3 Å². The number of ether oxygens (including phenoxy) is 4. The van der Waals surface area contributed by atoms with E-state index in [9.17, 15) is 9.59 Å². The van der Waals surface area contributed by atoms with Crippen molar-refractivity contribution in [3.63, 3.8) is 0 Å². The topological polar surface area (TPSA) is 98.6 Å². The van der Waals surface area contributed by atoms with Crippen LogP contribution in [0.3, 0.4) is 0 Å². The first-order valence-electron chi connectivity index (χ1n) is 17.0. The summed E-state index contributed by atoms with van der Waals surface area (Å²) in [5.74, 6) is 1.80. The molecule has 1 aliphatic heterocycles. The molecule has 0 unspecified atom stereocenters. The Kier molecular flexibility index (Phi) is 13.3. The molecule has 5 rings (SSSR count). The van der Waals surface area contributed by atoms with Crippen molar-refractivity contribution in [3.05, 3.63) is 79.8 Å². The predicted octanol–water partition coefficient (Wildman–Crippen LogP) is 2.85. The molecule has 0 spiro atoms. The number of piperazine rings is 1. The molecule has 2 heterocycles. The third-order valence-corrected chi connectivity index (χ3v) is 8.84. The highest BCUT2D eigenvalue weighted by Crippen LogP contribution is 2.26. The van der Waals surface area contributed by atoms with E-state index in [4.69, 9.17) is 35.5 Å². The van der Waals surface area contributed by atoms with Crippen LogP contribution in [0.25, 0.3) is 17.8 Å². The molecule has 0 bridgehead atoms. The highest BCUT2D eigenvalue weighted by atomic mass is 35.5. The summed E-state index contributed by atoms with van der Waals surface area (Å²) in [6, 6.07) is 13.0. The lowest BCUT2D eigenvalue weighted by molar-refractivity contribution is -0.135. The minimum Gasteiger partial charge on any atom is -0.489 e. The van der Waals surface area contributed by atoms with Crippen molar-refractivity contribution in [2.45, 2.75) is 45.9 Å². The monoisotopic (exact) mass is 693 g/mol. The van der Waals surface area contributed by atoms with Crippen molar-refractivity contribution in [1.82, 2.24) is 24.3 Å². The van der Waals surface area contributed by atoms with E-state index in [-0.39, 0.29) is 24.2 Å². The van der Waals surface area contributed by atoms with Gasteiger partial charge in [0, 0.05) is 65.1 Å². The van der Waals surface area contributed by atoms with Gasteiger partial charge in [-0.1, -0.05) is 29.8 Å². The van der Waals surface area contributed by atoms with E-state index in [2.05, 4.69) is 15.9 Å². The third-order valence-electron chi connectivity index (χ3n) is 8.59. The second-order valence-electron chi connectivity index (χ2n) is 12.6. The molecular weight excluding hydrogens is 646 g/mol. The van der Waals surface area contributed by atoms with Crippen LogP contribution in [0, 0.1) is 0 Å². The van der Waals surface area contributed by atoms with E-state index in [1.807, 2.05) is 43.0 Å². The fourth-order valence-corrected chi connectivity index (χ4v) is 6.15. The second kappa shape index (κ2) is 17.8. The molecule has 1 saturated heterocycles. The van der Waals surface area contributed by atoms with Gasteiger partial charge in [0.1, 0.15) is 17.3 Å². The summed E-state index contributed by atoms with van der Waals surface area (Å²) < 4.78 is 24.4. The van der Waals surface area contributed by atoms with Crippen LogP contribution < -0.4 is 25.6 Å². The van der Waals surface area contributed by atoms with Crippen LogP contribution in [-0.2, 0) is 27.4 Å². The van der Waals surface area contributed by atoms with Gasteiger partial charge in [0.25, 0.3) is 11.5 Å². The Morgan fingerprint density at radius 1 is 0.959 bits per heavy atom. The zero-order valence-electron chi connectivity index (χ0n) is 29.0. The lowest BCUT2D eigenvalue weighted by Gasteiger charge is -2.34. The van der Waals surface area contributed by atoms with Gasteiger partial charge in [-0.3, -0.25) is 24.0 Å². The number of halogens is 1. The molecule has 49 heavy (non-hydrogen) atoms. The normalized spacial score (nSPS) is 14.8. The number of hydrogen-bond donors (Lipinski definition) is 0. The maximum Gasteiger partial charge on any atom is 0.265 e. The standard InChI is InChI=1S/C37H48ClN5O6/c1-27(2)49-34-14-9-28(24-41(19-21-46-3)20-22-47-4)23-33(34)43-35(39-32-8-6-5-7-31(32)37(43)45)25-40-15-17-42(18-16-40)36(44)26-48-30-12-10-29(38)11-13-30/h7-14,23,27H,5-6,15-22,24-26H2,1-4H3. The zero-order valence-corrected chi connectivity index (χ0v) is 29.8. The molecule has 2 aromatic carbocycles. The molecule has 0 saturated carbocycles. The lowest BCUT2D eigenvalue weighted by Crippen LogP contribution is -2.52. The van der Waals surface area contributed by atoms with Crippen molar-refractivity contribution >= 4 is 29.7 Å². The number of methoxy groups -OCH3 is 2. The van der Waals surface area contributed by atoms with Gasteiger partial charge < -0.3 is 23.8 Å². The quantitative estimate of drug-likeness (QED) is 0.224. The Morgan fingerprint density at radius 2 is 1.65 bits per heavy atom. The second-order valence-corrected chi connectivity index (χ2v) is 13.0. The van der Waals surface area contributed by atoms with Gasteiger partial charge in [-0.15, -0.1) is 0 Å². The summed E-state index contributed by atoms with van der Waals surface area (Å²) in [5.41, 5.74) is 1.61. The molecule has 0 atom stereocenters. The molecule has 2 aliphatic rings. The number of carbonyl (C=O) groups is 1. The van der Waals surface area contributed by atoms with Crippen LogP contribution in [0.2, 0.25) is 5.02 Å². The number of fused-ring (bicyclic) bond motifs is 1. The fraction of sp³-hybridized carbons (Fsp3) is 0.486. The highest BCUT2D eigenvalue weighted by Gasteiger charge is 2.25. The van der Waals surface area contributed by atoms with Crippen LogP contribution in [0.5, 0.6) is 11.5 Å². The summed E-state index contributed by atoms with van der Waals surface area (Å²) in [6.45, 7) is 10.1. The highest BCUT2D eigenvalue weighted by molar-refractivity contribution is 6.30. The number of hydrogen-bond acceptors (Lipinski definition) is 9. The Hall–Kier alpha value is -3.74. The van der Waals surface area contributed by atoms with Crippen molar-refractivity contribution in [2.24, 2.45) is 0 Å². The molecule has 12 heteroatoms. The van der Waals surface area contributed by atoms with E-state index < -0.39 is 0 Å². The Morgan fingerprint density at radius 3 is 2.33 bits per heavy atom. The summed E-state index contributed by atoms with van der Waals surface area (Å²) in [5, 5.41) is 1.96. The van der Waals surface area contributed by atoms with Crippen molar-refractivity contribution in [1.29, 1.82) is 0 Å². The van der Waals surface area contributed by atoms with E-state index in [0.717, 1.165) is 36.8 Å². The minimum absolute atomic E-state index is 0.0385. The molecule has 11 nitrogen and oxygen atoms in total. The first-order chi connectivity index (χ1) is 23.7. The molecule has 0 N–H and O–H groups in total. The maximum atomic E-state index is 14.4. The SMILES string of the molecule is COCCN(CCOC)Cc1ccc(OC(C)C)c(-n2c(CN3CCN(C(=O)COc4ccc(Cl)cc4)CC3)nc3c(c2=O)=CCCC=3)c1. The van der Waals surface area contributed by atoms with Gasteiger partial charge >= 0.3 is 0 Å². The number of carbonyl (C=O) groups excluding carboxylic acids is 1. The summed E-state index contributed by atoms with van der Waals surface area (Å²) in [4.78, 5) is 38.7. The molecule has 3 aromatic rings.